The Morgan fingerprint density at radius 1 is 0.897 bits per heavy atom. The Balaban J connectivity index is 1.87. The van der Waals surface area contributed by atoms with Crippen LogP contribution >= 0.6 is 50.7 Å². The number of carbonyl (C=O) groups excluding carboxylic acids is 2. The molecule has 1 aliphatic heterocycles. The van der Waals surface area contributed by atoms with Gasteiger partial charge in [0.25, 0.3) is 11.8 Å². The van der Waals surface area contributed by atoms with Crippen LogP contribution in [0.1, 0.15) is 5.76 Å². The molecule has 1 aliphatic rings. The minimum absolute atomic E-state index is 0.0380. The summed E-state index contributed by atoms with van der Waals surface area (Å²) in [4.78, 5) is 29.3. The van der Waals surface area contributed by atoms with E-state index in [1.165, 1.54) is 15.9 Å². The average molecular weight is 579 g/mol. The molecule has 0 unspecified atom stereocenters. The number of carbonyl (C=O) groups is 2. The summed E-state index contributed by atoms with van der Waals surface area (Å²) in [6.07, 6.45) is 1.45. The molecule has 144 valence electrons. The first kappa shape index (κ1) is 20.0. The smallest absolute Gasteiger partial charge is 0.270 e. The van der Waals surface area contributed by atoms with Crippen molar-refractivity contribution in [1.29, 1.82) is 0 Å². The number of nitrogens with zero attached hydrogens (tertiary/aromatic N) is 2. The van der Waals surface area contributed by atoms with Gasteiger partial charge in [-0.2, -0.15) is 0 Å². The van der Waals surface area contributed by atoms with Gasteiger partial charge in [0.2, 0.25) is 0 Å². The highest BCUT2D eigenvalue weighted by Gasteiger charge is 2.41. The van der Waals surface area contributed by atoms with Crippen LogP contribution in [0, 0.1) is 3.77 Å². The van der Waals surface area contributed by atoms with Crippen LogP contribution in [-0.2, 0) is 9.59 Å². The maximum absolute atomic E-state index is 13.3. The van der Waals surface area contributed by atoms with Crippen LogP contribution in [0.25, 0.3) is 6.08 Å². The van der Waals surface area contributed by atoms with Crippen molar-refractivity contribution in [3.63, 3.8) is 0 Å². The standard InChI is InChI=1S/C21H12BrIN2O3S/c22-17-12-15(28-18(17)23)11-16-19(26)24(13-7-3-1-4-8-13)21(29)25(20(16)27)14-9-5-2-6-10-14/h1-12H. The topological polar surface area (TPSA) is 53.8 Å². The summed E-state index contributed by atoms with van der Waals surface area (Å²) >= 11 is 11.0. The largest absolute Gasteiger partial charge is 0.450 e. The van der Waals surface area contributed by atoms with Gasteiger partial charge < -0.3 is 4.42 Å². The van der Waals surface area contributed by atoms with Gasteiger partial charge >= 0.3 is 0 Å². The zero-order chi connectivity index (χ0) is 20.5. The monoisotopic (exact) mass is 578 g/mol. The fourth-order valence-electron chi connectivity index (χ4n) is 2.92. The number of amides is 2. The average Bonchev–Trinajstić information content (AvgIpc) is 3.04. The fourth-order valence-corrected chi connectivity index (χ4v) is 4.01. The minimum Gasteiger partial charge on any atom is -0.450 e. The van der Waals surface area contributed by atoms with Gasteiger partial charge in [-0.1, -0.05) is 36.4 Å². The first-order valence-electron chi connectivity index (χ1n) is 8.47. The van der Waals surface area contributed by atoms with Crippen LogP contribution in [0.5, 0.6) is 0 Å². The van der Waals surface area contributed by atoms with E-state index in [0.29, 0.717) is 20.9 Å². The molecule has 2 heterocycles. The molecule has 0 N–H and O–H groups in total. The molecule has 0 atom stereocenters. The second kappa shape index (κ2) is 8.21. The molecule has 0 spiro atoms. The normalized spacial score (nSPS) is 14.6. The van der Waals surface area contributed by atoms with Crippen LogP contribution in [0.3, 0.4) is 0 Å². The quantitative estimate of drug-likeness (QED) is 0.181. The zero-order valence-corrected chi connectivity index (χ0v) is 19.3. The predicted octanol–water partition coefficient (Wildman–Crippen LogP) is 5.40. The Hall–Kier alpha value is -2.30. The zero-order valence-electron chi connectivity index (χ0n) is 14.7. The number of para-hydroxylation sites is 2. The van der Waals surface area contributed by atoms with E-state index in [-0.39, 0.29) is 10.7 Å². The fraction of sp³-hybridized carbons (Fsp3) is 0. The molecule has 0 bridgehead atoms. The third-order valence-electron chi connectivity index (χ3n) is 4.23. The molecule has 1 aromatic heterocycles. The van der Waals surface area contributed by atoms with Gasteiger partial charge in [0, 0.05) is 22.6 Å². The highest BCUT2D eigenvalue weighted by Crippen LogP contribution is 2.31. The van der Waals surface area contributed by atoms with E-state index in [0.717, 1.165) is 4.47 Å². The van der Waals surface area contributed by atoms with E-state index < -0.39 is 11.8 Å². The lowest BCUT2D eigenvalue weighted by Crippen LogP contribution is -2.56. The Morgan fingerprint density at radius 2 is 1.38 bits per heavy atom. The summed E-state index contributed by atoms with van der Waals surface area (Å²) in [5.41, 5.74) is 1.12. The minimum atomic E-state index is -0.499. The first-order chi connectivity index (χ1) is 14.0. The molecule has 2 aromatic carbocycles. The third kappa shape index (κ3) is 3.79. The maximum atomic E-state index is 13.3. The number of thiocarbonyl (C=S) groups is 1. The summed E-state index contributed by atoms with van der Waals surface area (Å²) in [7, 11) is 0. The highest BCUT2D eigenvalue weighted by atomic mass is 127. The van der Waals surface area contributed by atoms with Crippen molar-refractivity contribution in [3.05, 3.63) is 86.3 Å². The van der Waals surface area contributed by atoms with Crippen molar-refractivity contribution in [2.45, 2.75) is 0 Å². The van der Waals surface area contributed by atoms with Crippen molar-refractivity contribution < 1.29 is 14.0 Å². The molecule has 1 fully saturated rings. The lowest BCUT2D eigenvalue weighted by Gasteiger charge is -2.36. The van der Waals surface area contributed by atoms with Crippen molar-refractivity contribution >= 4 is 85.1 Å². The van der Waals surface area contributed by atoms with Gasteiger partial charge in [-0.25, -0.2) is 0 Å². The summed E-state index contributed by atoms with van der Waals surface area (Å²) < 4.78 is 6.98. The summed E-state index contributed by atoms with van der Waals surface area (Å²) in [6, 6.07) is 19.7. The van der Waals surface area contributed by atoms with Crippen molar-refractivity contribution in [1.82, 2.24) is 0 Å². The molecule has 1 saturated heterocycles. The number of halogens is 2. The molecule has 0 aliphatic carbocycles. The predicted molar refractivity (Wildman–Crippen MR) is 128 cm³/mol. The number of hydrogen-bond acceptors (Lipinski definition) is 4. The molecule has 0 saturated carbocycles. The maximum Gasteiger partial charge on any atom is 0.270 e. The van der Waals surface area contributed by atoms with E-state index in [1.54, 1.807) is 30.3 Å². The number of benzene rings is 2. The Morgan fingerprint density at radius 3 is 1.79 bits per heavy atom. The van der Waals surface area contributed by atoms with Gasteiger partial charge in [0.1, 0.15) is 11.3 Å². The molecule has 8 heteroatoms. The summed E-state index contributed by atoms with van der Waals surface area (Å²) in [5.74, 6) is -0.603. The Labute approximate surface area is 194 Å². The number of furan rings is 1. The lowest BCUT2D eigenvalue weighted by molar-refractivity contribution is -0.120. The van der Waals surface area contributed by atoms with E-state index in [2.05, 4.69) is 15.9 Å². The third-order valence-corrected chi connectivity index (χ3v) is 6.73. The Bertz CT molecular complexity index is 1060. The van der Waals surface area contributed by atoms with Crippen molar-refractivity contribution in [2.24, 2.45) is 0 Å². The second-order valence-electron chi connectivity index (χ2n) is 6.06. The first-order valence-corrected chi connectivity index (χ1v) is 10.7. The van der Waals surface area contributed by atoms with Gasteiger partial charge in [0.15, 0.2) is 8.88 Å². The molecular weight excluding hydrogens is 567 g/mol. The number of rotatable bonds is 3. The number of hydrogen-bond donors (Lipinski definition) is 0. The van der Waals surface area contributed by atoms with Crippen LogP contribution in [0.15, 0.2) is 81.2 Å². The second-order valence-corrected chi connectivity index (χ2v) is 8.26. The van der Waals surface area contributed by atoms with Crippen LogP contribution in [-0.4, -0.2) is 16.9 Å². The molecular formula is C21H12BrIN2O3S. The van der Waals surface area contributed by atoms with Crippen LogP contribution < -0.4 is 9.80 Å². The lowest BCUT2D eigenvalue weighted by atomic mass is 10.1. The molecule has 2 amide bonds. The van der Waals surface area contributed by atoms with Crippen molar-refractivity contribution in [3.8, 4) is 0 Å². The molecule has 5 nitrogen and oxygen atoms in total. The van der Waals surface area contributed by atoms with Crippen LogP contribution in [0.4, 0.5) is 11.4 Å². The molecule has 4 rings (SSSR count). The van der Waals surface area contributed by atoms with Gasteiger partial charge in [-0.05, 0) is 64.6 Å². The van der Waals surface area contributed by atoms with E-state index in [9.17, 15) is 9.59 Å². The number of anilines is 2. The van der Waals surface area contributed by atoms with Gasteiger partial charge in [-0.15, -0.1) is 0 Å². The van der Waals surface area contributed by atoms with Gasteiger partial charge in [-0.3, -0.25) is 19.4 Å². The SMILES string of the molecule is O=C1C(=Cc2cc(Br)c(I)o2)C(=O)N(c2ccccc2)C(=S)N1c1ccccc1. The van der Waals surface area contributed by atoms with Crippen LogP contribution in [0.2, 0.25) is 0 Å². The Kier molecular flexibility index (Phi) is 5.66. The molecule has 3 aromatic rings. The summed E-state index contributed by atoms with van der Waals surface area (Å²) in [5, 5.41) is 0.102. The highest BCUT2D eigenvalue weighted by molar-refractivity contribution is 14.1. The van der Waals surface area contributed by atoms with E-state index in [4.69, 9.17) is 16.6 Å². The van der Waals surface area contributed by atoms with Crippen molar-refractivity contribution in [2.75, 3.05) is 9.80 Å². The van der Waals surface area contributed by atoms with E-state index >= 15 is 0 Å². The molecule has 29 heavy (non-hydrogen) atoms. The summed E-state index contributed by atoms with van der Waals surface area (Å²) in [6.45, 7) is 0. The van der Waals surface area contributed by atoms with Gasteiger partial charge in [0.05, 0.1) is 15.8 Å². The molecule has 0 radical (unpaired) electrons. The van der Waals surface area contributed by atoms with E-state index in [1.807, 2.05) is 59.0 Å².